The molecular formula is C14H15N3O2S. The van der Waals surface area contributed by atoms with E-state index in [1.165, 1.54) is 11.8 Å². The number of carbonyl (C=O) groups excluding carboxylic acids is 2. The Labute approximate surface area is 121 Å². The molecule has 1 unspecified atom stereocenters. The fraction of sp³-hybridized carbons (Fsp3) is 0.357. The predicted molar refractivity (Wildman–Crippen MR) is 76.6 cm³/mol. The van der Waals surface area contributed by atoms with Crippen molar-refractivity contribution in [3.63, 3.8) is 0 Å². The smallest absolute Gasteiger partial charge is 0.250 e. The zero-order chi connectivity index (χ0) is 14.5. The van der Waals surface area contributed by atoms with Crippen LogP contribution in [0.4, 0.5) is 0 Å². The quantitative estimate of drug-likeness (QED) is 0.891. The van der Waals surface area contributed by atoms with Gasteiger partial charge in [0.2, 0.25) is 5.91 Å². The molecule has 0 radical (unpaired) electrons. The Hall–Kier alpha value is -2.00. The molecule has 0 bridgehead atoms. The molecule has 1 aromatic rings. The van der Waals surface area contributed by atoms with Gasteiger partial charge in [0.15, 0.2) is 5.37 Å². The summed E-state index contributed by atoms with van der Waals surface area (Å²) in [6.45, 7) is 0.565. The SMILES string of the molecule is N#Cc1cccc(CCC(=O)N2CCSC2C(N)=O)c1. The first kappa shape index (κ1) is 14.4. The number of primary amides is 1. The Kier molecular flexibility index (Phi) is 4.64. The highest BCUT2D eigenvalue weighted by atomic mass is 32.2. The third-order valence-electron chi connectivity index (χ3n) is 3.14. The van der Waals surface area contributed by atoms with Gasteiger partial charge in [-0.05, 0) is 24.1 Å². The van der Waals surface area contributed by atoms with Crippen LogP contribution in [0.15, 0.2) is 24.3 Å². The number of nitrogens with zero attached hydrogens (tertiary/aromatic N) is 2. The van der Waals surface area contributed by atoms with Crippen molar-refractivity contribution < 1.29 is 9.59 Å². The molecule has 1 atom stereocenters. The zero-order valence-corrected chi connectivity index (χ0v) is 11.7. The van der Waals surface area contributed by atoms with Crippen molar-refractivity contribution in [1.82, 2.24) is 4.90 Å². The van der Waals surface area contributed by atoms with Crippen molar-refractivity contribution in [1.29, 1.82) is 5.26 Å². The Morgan fingerprint density at radius 1 is 1.50 bits per heavy atom. The van der Waals surface area contributed by atoms with Crippen molar-refractivity contribution in [2.75, 3.05) is 12.3 Å². The van der Waals surface area contributed by atoms with Gasteiger partial charge in [-0.15, -0.1) is 11.8 Å². The molecule has 1 saturated heterocycles. The number of amides is 2. The number of carbonyl (C=O) groups is 2. The lowest BCUT2D eigenvalue weighted by Gasteiger charge is -2.21. The molecule has 1 heterocycles. The summed E-state index contributed by atoms with van der Waals surface area (Å²) in [5, 5.41) is 8.29. The van der Waals surface area contributed by atoms with Crippen LogP contribution in [-0.2, 0) is 16.0 Å². The normalized spacial score (nSPS) is 17.8. The van der Waals surface area contributed by atoms with Gasteiger partial charge < -0.3 is 10.6 Å². The summed E-state index contributed by atoms with van der Waals surface area (Å²) in [7, 11) is 0. The van der Waals surface area contributed by atoms with Crippen LogP contribution in [0.25, 0.3) is 0 Å². The maximum atomic E-state index is 12.1. The molecular weight excluding hydrogens is 274 g/mol. The van der Waals surface area contributed by atoms with E-state index in [2.05, 4.69) is 6.07 Å². The zero-order valence-electron chi connectivity index (χ0n) is 10.9. The van der Waals surface area contributed by atoms with Gasteiger partial charge in [-0.2, -0.15) is 5.26 Å². The summed E-state index contributed by atoms with van der Waals surface area (Å²) >= 11 is 1.40. The van der Waals surface area contributed by atoms with Crippen LogP contribution < -0.4 is 5.73 Å². The predicted octanol–water partition coefficient (Wildman–Crippen LogP) is 0.878. The maximum Gasteiger partial charge on any atom is 0.250 e. The average Bonchev–Trinajstić information content (AvgIpc) is 2.94. The molecule has 0 spiro atoms. The van der Waals surface area contributed by atoms with E-state index in [-0.39, 0.29) is 5.91 Å². The average molecular weight is 289 g/mol. The van der Waals surface area contributed by atoms with Gasteiger partial charge in [-0.25, -0.2) is 0 Å². The Bertz CT molecular complexity index is 568. The number of hydrogen-bond donors (Lipinski definition) is 1. The second-order valence-electron chi connectivity index (χ2n) is 4.52. The van der Waals surface area contributed by atoms with E-state index in [1.54, 1.807) is 23.1 Å². The van der Waals surface area contributed by atoms with Gasteiger partial charge in [0.25, 0.3) is 5.91 Å². The Morgan fingerprint density at radius 2 is 2.30 bits per heavy atom. The summed E-state index contributed by atoms with van der Waals surface area (Å²) in [6.07, 6.45) is 0.875. The van der Waals surface area contributed by atoms with Crippen LogP contribution in [0, 0.1) is 11.3 Å². The van der Waals surface area contributed by atoms with E-state index < -0.39 is 11.3 Å². The third kappa shape index (κ3) is 3.31. The molecule has 1 fully saturated rings. The molecule has 5 nitrogen and oxygen atoms in total. The number of aryl methyl sites for hydroxylation is 1. The highest BCUT2D eigenvalue weighted by Crippen LogP contribution is 2.24. The van der Waals surface area contributed by atoms with Crippen molar-refractivity contribution in [3.05, 3.63) is 35.4 Å². The summed E-state index contributed by atoms with van der Waals surface area (Å²) in [4.78, 5) is 24.9. The molecule has 1 aliphatic heterocycles. The number of nitriles is 1. The Balaban J connectivity index is 1.95. The van der Waals surface area contributed by atoms with E-state index in [9.17, 15) is 9.59 Å². The molecule has 6 heteroatoms. The van der Waals surface area contributed by atoms with Gasteiger partial charge in [-0.3, -0.25) is 9.59 Å². The number of benzene rings is 1. The topological polar surface area (TPSA) is 87.2 Å². The molecule has 104 valence electrons. The first-order valence-electron chi connectivity index (χ1n) is 6.31. The van der Waals surface area contributed by atoms with Gasteiger partial charge in [0, 0.05) is 18.7 Å². The van der Waals surface area contributed by atoms with Crippen LogP contribution in [0.2, 0.25) is 0 Å². The lowest BCUT2D eigenvalue weighted by Crippen LogP contribution is -2.42. The van der Waals surface area contributed by atoms with Crippen molar-refractivity contribution in [3.8, 4) is 6.07 Å². The van der Waals surface area contributed by atoms with Gasteiger partial charge in [-0.1, -0.05) is 12.1 Å². The molecule has 2 N–H and O–H groups in total. The second kappa shape index (κ2) is 6.44. The van der Waals surface area contributed by atoms with Gasteiger partial charge in [0.1, 0.15) is 0 Å². The lowest BCUT2D eigenvalue weighted by atomic mass is 10.1. The minimum absolute atomic E-state index is 0.0684. The van der Waals surface area contributed by atoms with E-state index in [0.29, 0.717) is 24.9 Å². The van der Waals surface area contributed by atoms with Crippen LogP contribution in [0.5, 0.6) is 0 Å². The van der Waals surface area contributed by atoms with Crippen molar-refractivity contribution in [2.45, 2.75) is 18.2 Å². The van der Waals surface area contributed by atoms with Crippen LogP contribution in [0.1, 0.15) is 17.5 Å². The van der Waals surface area contributed by atoms with Crippen LogP contribution >= 0.6 is 11.8 Å². The number of thioether (sulfide) groups is 1. The molecule has 0 aromatic heterocycles. The fourth-order valence-corrected chi connectivity index (χ4v) is 3.24. The second-order valence-corrected chi connectivity index (χ2v) is 5.71. The van der Waals surface area contributed by atoms with E-state index in [1.807, 2.05) is 6.07 Å². The monoisotopic (exact) mass is 289 g/mol. The van der Waals surface area contributed by atoms with Crippen molar-refractivity contribution >= 4 is 23.6 Å². The first-order chi connectivity index (χ1) is 9.61. The summed E-state index contributed by atoms with van der Waals surface area (Å²) in [5.41, 5.74) is 6.81. The van der Waals surface area contributed by atoms with Gasteiger partial charge >= 0.3 is 0 Å². The minimum atomic E-state index is -0.534. The van der Waals surface area contributed by atoms with Gasteiger partial charge in [0.05, 0.1) is 11.6 Å². The summed E-state index contributed by atoms with van der Waals surface area (Å²) in [6, 6.07) is 9.26. The van der Waals surface area contributed by atoms with E-state index in [4.69, 9.17) is 11.0 Å². The molecule has 1 aromatic carbocycles. The molecule has 0 aliphatic carbocycles. The molecule has 20 heavy (non-hydrogen) atoms. The standard InChI is InChI=1S/C14H15N3O2S/c15-9-11-3-1-2-10(8-11)4-5-12(18)17-6-7-20-14(17)13(16)19/h1-3,8,14H,4-7H2,(H2,16,19). The van der Waals surface area contributed by atoms with E-state index >= 15 is 0 Å². The number of nitrogens with two attached hydrogens (primary N) is 1. The fourth-order valence-electron chi connectivity index (χ4n) is 2.15. The maximum absolute atomic E-state index is 12.1. The third-order valence-corrected chi connectivity index (χ3v) is 4.36. The Morgan fingerprint density at radius 3 is 3.00 bits per heavy atom. The summed E-state index contributed by atoms with van der Waals surface area (Å²) in [5.74, 6) is 0.206. The largest absolute Gasteiger partial charge is 0.367 e. The summed E-state index contributed by atoms with van der Waals surface area (Å²) < 4.78 is 0. The minimum Gasteiger partial charge on any atom is -0.367 e. The van der Waals surface area contributed by atoms with E-state index in [0.717, 1.165) is 11.3 Å². The number of hydrogen-bond acceptors (Lipinski definition) is 4. The van der Waals surface area contributed by atoms with Crippen LogP contribution in [0.3, 0.4) is 0 Å². The highest BCUT2D eigenvalue weighted by Gasteiger charge is 2.32. The molecule has 2 rings (SSSR count). The first-order valence-corrected chi connectivity index (χ1v) is 7.36. The molecule has 0 saturated carbocycles. The molecule has 1 aliphatic rings. The lowest BCUT2D eigenvalue weighted by molar-refractivity contribution is -0.135. The molecule has 2 amide bonds. The highest BCUT2D eigenvalue weighted by molar-refractivity contribution is 8.00. The van der Waals surface area contributed by atoms with Crippen molar-refractivity contribution in [2.24, 2.45) is 5.73 Å². The van der Waals surface area contributed by atoms with Crippen LogP contribution in [-0.4, -0.2) is 34.4 Å². The number of rotatable bonds is 4.